The third-order valence-electron chi connectivity index (χ3n) is 2.50. The number of aromatic nitrogens is 1. The van der Waals surface area contributed by atoms with Crippen molar-refractivity contribution >= 4 is 0 Å². The van der Waals surface area contributed by atoms with E-state index in [4.69, 9.17) is 6.42 Å². The van der Waals surface area contributed by atoms with Crippen LogP contribution in [0, 0.1) is 12.3 Å². The second-order valence-electron chi connectivity index (χ2n) is 3.61. The summed E-state index contributed by atoms with van der Waals surface area (Å²) in [7, 11) is 0. The van der Waals surface area contributed by atoms with Crippen LogP contribution in [0.2, 0.25) is 0 Å². The van der Waals surface area contributed by atoms with Gasteiger partial charge in [0, 0.05) is 18.0 Å². The van der Waals surface area contributed by atoms with E-state index in [-0.39, 0.29) is 5.56 Å². The molecule has 0 spiro atoms. The molecule has 2 aromatic rings. The molecule has 0 radical (unpaired) electrons. The third kappa shape index (κ3) is 2.21. The second kappa shape index (κ2) is 4.53. The topological polar surface area (TPSA) is 12.9 Å². The van der Waals surface area contributed by atoms with Crippen molar-refractivity contribution in [3.63, 3.8) is 0 Å². The number of halogens is 3. The summed E-state index contributed by atoms with van der Waals surface area (Å²) >= 11 is 0. The first-order chi connectivity index (χ1) is 8.54. The van der Waals surface area contributed by atoms with Gasteiger partial charge in [-0.1, -0.05) is 24.1 Å². The van der Waals surface area contributed by atoms with Crippen molar-refractivity contribution in [3.8, 4) is 23.5 Å². The van der Waals surface area contributed by atoms with Crippen LogP contribution in [0.4, 0.5) is 13.2 Å². The van der Waals surface area contributed by atoms with Gasteiger partial charge in [0.25, 0.3) is 0 Å². The number of alkyl halides is 3. The fourth-order valence-electron chi connectivity index (χ4n) is 1.71. The quantitative estimate of drug-likeness (QED) is 0.699. The van der Waals surface area contributed by atoms with Gasteiger partial charge in [0.15, 0.2) is 0 Å². The maximum atomic E-state index is 12.9. The highest BCUT2D eigenvalue weighted by Gasteiger charge is 2.33. The van der Waals surface area contributed by atoms with E-state index in [9.17, 15) is 13.2 Å². The molecule has 0 aliphatic rings. The van der Waals surface area contributed by atoms with Gasteiger partial charge in [-0.25, -0.2) is 0 Å². The first kappa shape index (κ1) is 12.2. The molecule has 1 nitrogen and oxygen atoms in total. The fourth-order valence-corrected chi connectivity index (χ4v) is 1.71. The van der Waals surface area contributed by atoms with Crippen molar-refractivity contribution in [1.82, 2.24) is 4.98 Å². The maximum Gasteiger partial charge on any atom is 0.417 e. The van der Waals surface area contributed by atoms with Crippen LogP contribution in [0.3, 0.4) is 0 Å². The Bertz CT molecular complexity index is 609. The van der Waals surface area contributed by atoms with E-state index in [1.165, 1.54) is 30.6 Å². The largest absolute Gasteiger partial charge is 0.417 e. The Morgan fingerprint density at radius 1 is 1.06 bits per heavy atom. The molecular weight excluding hydrogens is 239 g/mol. The first-order valence-corrected chi connectivity index (χ1v) is 5.11. The Morgan fingerprint density at radius 3 is 2.44 bits per heavy atom. The molecule has 0 saturated carbocycles. The van der Waals surface area contributed by atoms with Crippen molar-refractivity contribution in [2.75, 3.05) is 0 Å². The van der Waals surface area contributed by atoms with Crippen molar-refractivity contribution in [1.29, 1.82) is 0 Å². The van der Waals surface area contributed by atoms with Gasteiger partial charge in [-0.2, -0.15) is 13.2 Å². The summed E-state index contributed by atoms with van der Waals surface area (Å²) in [6.07, 6.45) is 3.66. The Kier molecular flexibility index (Phi) is 3.07. The Hall–Kier alpha value is -2.28. The average Bonchev–Trinajstić information content (AvgIpc) is 2.37. The normalized spacial score (nSPS) is 11.0. The molecule has 2 rings (SSSR count). The number of benzene rings is 1. The zero-order valence-corrected chi connectivity index (χ0v) is 9.20. The van der Waals surface area contributed by atoms with E-state index < -0.39 is 11.7 Å². The molecule has 4 heteroatoms. The molecule has 0 aliphatic carbocycles. The Morgan fingerprint density at radius 2 is 1.78 bits per heavy atom. The second-order valence-corrected chi connectivity index (χ2v) is 3.61. The molecule has 1 aromatic heterocycles. The molecule has 0 atom stereocenters. The van der Waals surface area contributed by atoms with Crippen LogP contribution >= 0.6 is 0 Å². The summed E-state index contributed by atoms with van der Waals surface area (Å²) < 4.78 is 38.7. The van der Waals surface area contributed by atoms with E-state index in [2.05, 4.69) is 10.9 Å². The van der Waals surface area contributed by atoms with Gasteiger partial charge < -0.3 is 0 Å². The SMILES string of the molecule is C#Cc1cnccc1-c1ccccc1C(F)(F)F. The van der Waals surface area contributed by atoms with E-state index in [0.29, 0.717) is 11.1 Å². The van der Waals surface area contributed by atoms with Crippen LogP contribution < -0.4 is 0 Å². The number of rotatable bonds is 1. The lowest BCUT2D eigenvalue weighted by Crippen LogP contribution is -2.07. The van der Waals surface area contributed by atoms with E-state index in [1.54, 1.807) is 6.07 Å². The van der Waals surface area contributed by atoms with Crippen LogP contribution in [0.5, 0.6) is 0 Å². The maximum absolute atomic E-state index is 12.9. The van der Waals surface area contributed by atoms with Gasteiger partial charge in [0.05, 0.1) is 11.1 Å². The molecule has 1 heterocycles. The molecule has 0 saturated heterocycles. The number of hydrogen-bond donors (Lipinski definition) is 0. The predicted molar refractivity (Wildman–Crippen MR) is 62.6 cm³/mol. The van der Waals surface area contributed by atoms with Crippen LogP contribution in [0.1, 0.15) is 11.1 Å². The lowest BCUT2D eigenvalue weighted by Gasteiger charge is -2.13. The van der Waals surface area contributed by atoms with Gasteiger partial charge in [0.1, 0.15) is 0 Å². The van der Waals surface area contributed by atoms with Gasteiger partial charge in [-0.05, 0) is 17.7 Å². The summed E-state index contributed by atoms with van der Waals surface area (Å²) in [6, 6.07) is 6.82. The zero-order chi connectivity index (χ0) is 13.2. The number of terminal acetylenes is 1. The molecule has 0 bridgehead atoms. The summed E-state index contributed by atoms with van der Waals surface area (Å²) in [5, 5.41) is 0. The van der Waals surface area contributed by atoms with Crippen LogP contribution in [0.25, 0.3) is 11.1 Å². The monoisotopic (exact) mass is 247 g/mol. The standard InChI is InChI=1S/C14H8F3N/c1-2-10-9-18-8-7-11(10)12-5-3-4-6-13(12)14(15,16)17/h1,3-9H. The van der Waals surface area contributed by atoms with Crippen molar-refractivity contribution in [2.45, 2.75) is 6.18 Å². The molecule has 0 N–H and O–H groups in total. The predicted octanol–water partition coefficient (Wildman–Crippen LogP) is 3.75. The summed E-state index contributed by atoms with van der Waals surface area (Å²) in [4.78, 5) is 3.81. The molecule has 90 valence electrons. The minimum atomic E-state index is -4.41. The summed E-state index contributed by atoms with van der Waals surface area (Å²) in [5.74, 6) is 2.34. The van der Waals surface area contributed by atoms with Gasteiger partial charge in [-0.15, -0.1) is 6.42 Å². The average molecular weight is 247 g/mol. The van der Waals surface area contributed by atoms with E-state index >= 15 is 0 Å². The van der Waals surface area contributed by atoms with Gasteiger partial charge in [0.2, 0.25) is 0 Å². The molecule has 1 aromatic carbocycles. The number of pyridine rings is 1. The fraction of sp³-hybridized carbons (Fsp3) is 0.0714. The molecule has 0 unspecified atom stereocenters. The Balaban J connectivity index is 2.69. The zero-order valence-electron chi connectivity index (χ0n) is 9.20. The third-order valence-corrected chi connectivity index (χ3v) is 2.50. The van der Waals surface area contributed by atoms with E-state index in [0.717, 1.165) is 6.07 Å². The minimum absolute atomic E-state index is 0.0698. The smallest absolute Gasteiger partial charge is 0.263 e. The van der Waals surface area contributed by atoms with Crippen LogP contribution in [-0.2, 0) is 6.18 Å². The summed E-state index contributed by atoms with van der Waals surface area (Å²) in [5.41, 5.74) is 0.0719. The molecular formula is C14H8F3N. The van der Waals surface area contributed by atoms with Gasteiger partial charge >= 0.3 is 6.18 Å². The molecule has 0 fully saturated rings. The molecule has 0 amide bonds. The highest BCUT2D eigenvalue weighted by Crippen LogP contribution is 2.37. The molecule has 0 aliphatic heterocycles. The number of nitrogens with zero attached hydrogens (tertiary/aromatic N) is 1. The van der Waals surface area contributed by atoms with Crippen molar-refractivity contribution < 1.29 is 13.2 Å². The van der Waals surface area contributed by atoms with Crippen LogP contribution in [-0.4, -0.2) is 4.98 Å². The molecule has 18 heavy (non-hydrogen) atoms. The van der Waals surface area contributed by atoms with Crippen molar-refractivity contribution in [2.24, 2.45) is 0 Å². The lowest BCUT2D eigenvalue weighted by molar-refractivity contribution is -0.137. The highest BCUT2D eigenvalue weighted by molar-refractivity contribution is 5.73. The lowest BCUT2D eigenvalue weighted by atomic mass is 9.97. The highest BCUT2D eigenvalue weighted by atomic mass is 19.4. The number of hydrogen-bond acceptors (Lipinski definition) is 1. The first-order valence-electron chi connectivity index (χ1n) is 5.11. The minimum Gasteiger partial charge on any atom is -0.263 e. The summed E-state index contributed by atoms with van der Waals surface area (Å²) in [6.45, 7) is 0. The Labute approximate surface area is 102 Å². The van der Waals surface area contributed by atoms with Gasteiger partial charge in [-0.3, -0.25) is 4.98 Å². The van der Waals surface area contributed by atoms with Crippen LogP contribution in [0.15, 0.2) is 42.7 Å². The van der Waals surface area contributed by atoms with Crippen molar-refractivity contribution in [3.05, 3.63) is 53.9 Å². The van der Waals surface area contributed by atoms with E-state index in [1.807, 2.05) is 0 Å².